The number of piperidine rings is 1. The average Bonchev–Trinajstić information content (AvgIpc) is 2.92. The van der Waals surface area contributed by atoms with E-state index in [0.29, 0.717) is 43.5 Å². The number of anilines is 1. The molecule has 2 unspecified atom stereocenters. The normalized spacial score (nSPS) is 28.8. The number of nitrogens with one attached hydrogen (secondary N) is 3. The molecule has 3 heterocycles. The van der Waals surface area contributed by atoms with Gasteiger partial charge in [0.15, 0.2) is 0 Å². The van der Waals surface area contributed by atoms with E-state index in [4.69, 9.17) is 0 Å². The van der Waals surface area contributed by atoms with Gasteiger partial charge in [-0.15, -0.1) is 0 Å². The van der Waals surface area contributed by atoms with E-state index >= 15 is 0 Å². The predicted octanol–water partition coefficient (Wildman–Crippen LogP) is 1.17. The van der Waals surface area contributed by atoms with Crippen molar-refractivity contribution in [1.29, 1.82) is 0 Å². The van der Waals surface area contributed by atoms with E-state index in [1.165, 1.54) is 0 Å². The summed E-state index contributed by atoms with van der Waals surface area (Å²) in [6.45, 7) is 6.10. The molecule has 2 fully saturated rings. The van der Waals surface area contributed by atoms with Gasteiger partial charge in [0.05, 0.1) is 0 Å². The number of rotatable bonds is 5. The van der Waals surface area contributed by atoms with Gasteiger partial charge in [-0.2, -0.15) is 4.31 Å². The van der Waals surface area contributed by atoms with Crippen molar-refractivity contribution in [2.75, 3.05) is 25.0 Å². The highest BCUT2D eigenvalue weighted by molar-refractivity contribution is 7.89. The molecule has 0 aliphatic carbocycles. The molecule has 134 valence electrons. The van der Waals surface area contributed by atoms with E-state index in [0.717, 1.165) is 19.3 Å². The second kappa shape index (κ2) is 7.35. The van der Waals surface area contributed by atoms with Crippen molar-refractivity contribution in [3.63, 3.8) is 0 Å². The molecule has 2 atom stereocenters. The quantitative estimate of drug-likeness (QED) is 0.737. The summed E-state index contributed by atoms with van der Waals surface area (Å²) in [7, 11) is -3.49. The second-order valence-electron chi connectivity index (χ2n) is 6.73. The summed E-state index contributed by atoms with van der Waals surface area (Å²) in [5, 5.41) is 3.26. The molecule has 0 saturated carbocycles. The van der Waals surface area contributed by atoms with Crippen LogP contribution >= 0.6 is 0 Å². The molecule has 0 bridgehead atoms. The third-order valence-corrected chi connectivity index (χ3v) is 6.96. The zero-order valence-corrected chi connectivity index (χ0v) is 15.1. The van der Waals surface area contributed by atoms with E-state index in [1.54, 1.807) is 22.6 Å². The van der Waals surface area contributed by atoms with Crippen LogP contribution in [0.5, 0.6) is 0 Å². The molecule has 2 saturated heterocycles. The highest BCUT2D eigenvalue weighted by atomic mass is 32.2. The molecular weight excluding hydrogens is 326 g/mol. The summed E-state index contributed by atoms with van der Waals surface area (Å²) >= 11 is 0. The first kappa shape index (κ1) is 17.6. The number of hydrogen-bond donors (Lipinski definition) is 3. The lowest BCUT2D eigenvalue weighted by molar-refractivity contribution is 0.346. The lowest BCUT2D eigenvalue weighted by atomic mass is 9.97. The Morgan fingerprint density at radius 1 is 1.21 bits per heavy atom. The maximum atomic E-state index is 13.0. The molecular formula is C16H27N5O2S. The number of hydrazine groups is 1. The Morgan fingerprint density at radius 2 is 1.88 bits per heavy atom. The van der Waals surface area contributed by atoms with Gasteiger partial charge in [0.25, 0.3) is 0 Å². The molecule has 3 rings (SSSR count). The Morgan fingerprint density at radius 3 is 2.54 bits per heavy atom. The van der Waals surface area contributed by atoms with Crippen molar-refractivity contribution >= 4 is 15.8 Å². The lowest BCUT2D eigenvalue weighted by Crippen LogP contribution is -2.36. The molecule has 7 nitrogen and oxygen atoms in total. The Kier molecular flexibility index (Phi) is 5.39. The topological polar surface area (TPSA) is 86.4 Å². The number of nitrogens with zero attached hydrogens (tertiary/aromatic N) is 2. The van der Waals surface area contributed by atoms with Gasteiger partial charge in [-0.3, -0.25) is 10.9 Å². The summed E-state index contributed by atoms with van der Waals surface area (Å²) < 4.78 is 27.5. The van der Waals surface area contributed by atoms with Gasteiger partial charge in [0.2, 0.25) is 10.0 Å². The molecule has 8 heteroatoms. The number of sulfonamides is 1. The maximum Gasteiger partial charge on any atom is 0.246 e. The molecule has 3 N–H and O–H groups in total. The largest absolute Gasteiger partial charge is 0.369 e. The van der Waals surface area contributed by atoms with Gasteiger partial charge >= 0.3 is 0 Å². The van der Waals surface area contributed by atoms with Crippen LogP contribution < -0.4 is 16.2 Å². The van der Waals surface area contributed by atoms with Gasteiger partial charge in [-0.05, 0) is 38.8 Å². The third-order valence-electron chi connectivity index (χ3n) is 5.03. The van der Waals surface area contributed by atoms with E-state index < -0.39 is 10.0 Å². The van der Waals surface area contributed by atoms with Crippen LogP contribution in [0.15, 0.2) is 23.2 Å². The first-order chi connectivity index (χ1) is 11.5. The molecule has 2 aliphatic rings. The Bertz CT molecular complexity index is 650. The van der Waals surface area contributed by atoms with Crippen LogP contribution in [0.4, 0.5) is 5.82 Å². The molecule has 2 aliphatic heterocycles. The highest BCUT2D eigenvalue weighted by Crippen LogP contribution is 2.26. The van der Waals surface area contributed by atoms with Gasteiger partial charge in [-0.1, -0.05) is 6.42 Å². The standard InChI is InChI=1S/C16H27N5O2S/c1-12-14(13(2)20-19-12)11-18-16-15(7-6-8-17-16)24(22,23)21-9-4-3-5-10-21/h6-8,12-14,19-20H,3-5,9-11H2,1-2H3,(H,17,18). The smallest absolute Gasteiger partial charge is 0.246 e. The van der Waals surface area contributed by atoms with Gasteiger partial charge in [-0.25, -0.2) is 13.4 Å². The minimum absolute atomic E-state index is 0.283. The molecule has 1 aromatic heterocycles. The van der Waals surface area contributed by atoms with Crippen molar-refractivity contribution in [3.8, 4) is 0 Å². The summed E-state index contributed by atoms with van der Waals surface area (Å²) in [4.78, 5) is 4.58. The van der Waals surface area contributed by atoms with Gasteiger partial charge < -0.3 is 5.32 Å². The Hall–Kier alpha value is -1.22. The van der Waals surface area contributed by atoms with Crippen molar-refractivity contribution in [3.05, 3.63) is 18.3 Å². The fourth-order valence-electron chi connectivity index (χ4n) is 3.45. The molecule has 0 amide bonds. The van der Waals surface area contributed by atoms with Crippen LogP contribution in [0.25, 0.3) is 0 Å². The molecule has 0 radical (unpaired) electrons. The second-order valence-corrected chi connectivity index (χ2v) is 8.63. The SMILES string of the molecule is CC1NNC(C)C1CNc1ncccc1S(=O)(=O)N1CCCCC1. The first-order valence-corrected chi connectivity index (χ1v) is 10.1. The lowest BCUT2D eigenvalue weighted by Gasteiger charge is -2.27. The maximum absolute atomic E-state index is 13.0. The minimum Gasteiger partial charge on any atom is -0.369 e. The zero-order valence-electron chi connectivity index (χ0n) is 14.3. The van der Waals surface area contributed by atoms with Gasteiger partial charge in [0, 0.05) is 43.8 Å². The van der Waals surface area contributed by atoms with Crippen LogP contribution in [0, 0.1) is 5.92 Å². The summed E-state index contributed by atoms with van der Waals surface area (Å²) in [5.74, 6) is 0.812. The van der Waals surface area contributed by atoms with E-state index in [1.807, 2.05) is 0 Å². The Balaban J connectivity index is 1.77. The minimum atomic E-state index is -3.49. The number of pyridine rings is 1. The summed E-state index contributed by atoms with van der Waals surface area (Å²) in [6, 6.07) is 3.97. The zero-order chi connectivity index (χ0) is 17.2. The fraction of sp³-hybridized carbons (Fsp3) is 0.688. The summed E-state index contributed by atoms with van der Waals surface area (Å²) in [6.07, 6.45) is 4.59. The number of hydrogen-bond acceptors (Lipinski definition) is 6. The van der Waals surface area contributed by atoms with E-state index in [2.05, 4.69) is 35.0 Å². The van der Waals surface area contributed by atoms with E-state index in [9.17, 15) is 8.42 Å². The molecule has 1 aromatic rings. The van der Waals surface area contributed by atoms with Crippen LogP contribution in [-0.4, -0.2) is 49.4 Å². The summed E-state index contributed by atoms with van der Waals surface area (Å²) in [5.41, 5.74) is 6.43. The van der Waals surface area contributed by atoms with E-state index in [-0.39, 0.29) is 4.90 Å². The highest BCUT2D eigenvalue weighted by Gasteiger charge is 2.31. The van der Waals surface area contributed by atoms with Crippen LogP contribution in [0.1, 0.15) is 33.1 Å². The first-order valence-electron chi connectivity index (χ1n) is 8.70. The van der Waals surface area contributed by atoms with Crippen molar-refractivity contribution in [1.82, 2.24) is 20.1 Å². The molecule has 24 heavy (non-hydrogen) atoms. The monoisotopic (exact) mass is 353 g/mol. The van der Waals surface area contributed by atoms with Crippen LogP contribution in [-0.2, 0) is 10.0 Å². The average molecular weight is 353 g/mol. The van der Waals surface area contributed by atoms with Crippen molar-refractivity contribution < 1.29 is 8.42 Å². The van der Waals surface area contributed by atoms with Crippen LogP contribution in [0.2, 0.25) is 0 Å². The van der Waals surface area contributed by atoms with Gasteiger partial charge in [0.1, 0.15) is 10.7 Å². The number of aromatic nitrogens is 1. The van der Waals surface area contributed by atoms with Crippen molar-refractivity contribution in [2.45, 2.75) is 50.1 Å². The van der Waals surface area contributed by atoms with Crippen LogP contribution in [0.3, 0.4) is 0 Å². The molecule has 0 spiro atoms. The fourth-order valence-corrected chi connectivity index (χ4v) is 5.09. The van der Waals surface area contributed by atoms with Crippen molar-refractivity contribution in [2.24, 2.45) is 5.92 Å². The Labute approximate surface area is 144 Å². The third kappa shape index (κ3) is 3.56. The predicted molar refractivity (Wildman–Crippen MR) is 94.0 cm³/mol. The molecule has 0 aromatic carbocycles.